The number of primary amides is 1. The molecule has 1 fully saturated rings. The van der Waals surface area contributed by atoms with E-state index in [1.807, 2.05) is 31.2 Å². The average molecular weight is 347 g/mol. The molecule has 3 rings (SSSR count). The van der Waals surface area contributed by atoms with E-state index in [2.05, 4.69) is 10.2 Å². The van der Waals surface area contributed by atoms with Crippen LogP contribution in [0.1, 0.15) is 19.8 Å². The first kappa shape index (κ1) is 17.5. The van der Waals surface area contributed by atoms with Crippen LogP contribution in [-0.2, 0) is 9.59 Å². The van der Waals surface area contributed by atoms with E-state index in [0.717, 1.165) is 5.75 Å². The molecule has 0 radical (unpaired) electrons. The molecule has 2 aliphatic rings. The fourth-order valence-electron chi connectivity index (χ4n) is 3.26. The second-order valence-corrected chi connectivity index (χ2v) is 6.63. The molecule has 3 N–H and O–H groups in total. The molecule has 2 heterocycles. The third-order valence-corrected chi connectivity index (χ3v) is 4.93. The standard InChI is InChI=1S/C18H25N3O4/c1-12(21-8-6-13(7-9-21)17(19)22)18(23)20-10-14-11-24-15-4-2-3-5-16(15)25-14/h2-5,12-14H,6-11H2,1H3,(H2,19,22)(H,20,23)/t12-,14+/m1/s1. The second kappa shape index (κ2) is 7.74. The van der Waals surface area contributed by atoms with Gasteiger partial charge in [0.05, 0.1) is 12.6 Å². The molecule has 2 atom stereocenters. The van der Waals surface area contributed by atoms with Crippen molar-refractivity contribution in [2.75, 3.05) is 26.2 Å². The number of para-hydroxylation sites is 2. The lowest BCUT2D eigenvalue weighted by Gasteiger charge is -2.34. The normalized spacial score (nSPS) is 22.2. The third kappa shape index (κ3) is 4.22. The zero-order chi connectivity index (χ0) is 17.8. The summed E-state index contributed by atoms with van der Waals surface area (Å²) < 4.78 is 11.5. The van der Waals surface area contributed by atoms with Crippen LogP contribution in [0.5, 0.6) is 11.5 Å². The van der Waals surface area contributed by atoms with E-state index in [1.165, 1.54) is 0 Å². The lowest BCUT2D eigenvalue weighted by atomic mass is 9.95. The summed E-state index contributed by atoms with van der Waals surface area (Å²) in [4.78, 5) is 25.7. The highest BCUT2D eigenvalue weighted by molar-refractivity contribution is 5.81. The van der Waals surface area contributed by atoms with E-state index in [9.17, 15) is 9.59 Å². The van der Waals surface area contributed by atoms with Gasteiger partial charge in [-0.2, -0.15) is 0 Å². The molecule has 0 saturated carbocycles. The summed E-state index contributed by atoms with van der Waals surface area (Å²) in [7, 11) is 0. The Hall–Kier alpha value is -2.28. The zero-order valence-corrected chi connectivity index (χ0v) is 14.4. The number of likely N-dealkylation sites (tertiary alicyclic amines) is 1. The van der Waals surface area contributed by atoms with Gasteiger partial charge in [0.25, 0.3) is 0 Å². The number of carbonyl (C=O) groups excluding carboxylic acids is 2. The van der Waals surface area contributed by atoms with Crippen LogP contribution in [0.3, 0.4) is 0 Å². The summed E-state index contributed by atoms with van der Waals surface area (Å²) in [6, 6.07) is 7.26. The predicted octanol–water partition coefficient (Wildman–Crippen LogP) is 0.528. The van der Waals surface area contributed by atoms with Crippen LogP contribution in [0.2, 0.25) is 0 Å². The fraction of sp³-hybridized carbons (Fsp3) is 0.556. The summed E-state index contributed by atoms with van der Waals surface area (Å²) in [6.45, 7) is 4.11. The first-order valence-corrected chi connectivity index (χ1v) is 8.74. The van der Waals surface area contributed by atoms with Crippen molar-refractivity contribution in [2.45, 2.75) is 31.9 Å². The van der Waals surface area contributed by atoms with Gasteiger partial charge in [0, 0.05) is 5.92 Å². The number of rotatable bonds is 5. The van der Waals surface area contributed by atoms with Crippen molar-refractivity contribution in [3.05, 3.63) is 24.3 Å². The van der Waals surface area contributed by atoms with Gasteiger partial charge in [-0.15, -0.1) is 0 Å². The Labute approximate surface area is 147 Å². The Morgan fingerprint density at radius 1 is 1.28 bits per heavy atom. The highest BCUT2D eigenvalue weighted by atomic mass is 16.6. The van der Waals surface area contributed by atoms with E-state index in [-0.39, 0.29) is 29.9 Å². The number of benzene rings is 1. The minimum absolute atomic E-state index is 0.0417. The Balaban J connectivity index is 1.44. The summed E-state index contributed by atoms with van der Waals surface area (Å²) in [6.07, 6.45) is 1.22. The van der Waals surface area contributed by atoms with Crippen molar-refractivity contribution in [3.8, 4) is 11.5 Å². The number of fused-ring (bicyclic) bond motifs is 1. The molecular formula is C18H25N3O4. The van der Waals surface area contributed by atoms with Crippen LogP contribution in [0.25, 0.3) is 0 Å². The molecule has 0 unspecified atom stereocenters. The van der Waals surface area contributed by atoms with Gasteiger partial charge >= 0.3 is 0 Å². The molecule has 0 spiro atoms. The Morgan fingerprint density at radius 3 is 2.64 bits per heavy atom. The molecule has 0 aromatic heterocycles. The van der Waals surface area contributed by atoms with E-state index < -0.39 is 0 Å². The molecular weight excluding hydrogens is 322 g/mol. The number of nitrogens with zero attached hydrogens (tertiary/aromatic N) is 1. The number of hydrogen-bond donors (Lipinski definition) is 2. The zero-order valence-electron chi connectivity index (χ0n) is 14.4. The van der Waals surface area contributed by atoms with Gasteiger partial charge in [0.2, 0.25) is 11.8 Å². The number of ether oxygens (including phenoxy) is 2. The summed E-state index contributed by atoms with van der Waals surface area (Å²) in [5.41, 5.74) is 5.35. The van der Waals surface area contributed by atoms with Crippen molar-refractivity contribution in [3.63, 3.8) is 0 Å². The first-order valence-electron chi connectivity index (χ1n) is 8.74. The number of amides is 2. The van der Waals surface area contributed by atoms with Crippen LogP contribution < -0.4 is 20.5 Å². The highest BCUT2D eigenvalue weighted by Crippen LogP contribution is 2.30. The number of carbonyl (C=O) groups is 2. The van der Waals surface area contributed by atoms with Crippen LogP contribution in [0.4, 0.5) is 0 Å². The van der Waals surface area contributed by atoms with Gasteiger partial charge in [-0.25, -0.2) is 0 Å². The highest BCUT2D eigenvalue weighted by Gasteiger charge is 2.29. The largest absolute Gasteiger partial charge is 0.486 e. The maximum Gasteiger partial charge on any atom is 0.237 e. The van der Waals surface area contributed by atoms with Gasteiger partial charge in [-0.05, 0) is 45.0 Å². The molecule has 1 aromatic rings. The van der Waals surface area contributed by atoms with E-state index in [1.54, 1.807) is 0 Å². The topological polar surface area (TPSA) is 93.9 Å². The fourth-order valence-corrected chi connectivity index (χ4v) is 3.26. The van der Waals surface area contributed by atoms with E-state index in [4.69, 9.17) is 15.2 Å². The maximum absolute atomic E-state index is 12.4. The summed E-state index contributed by atoms with van der Waals surface area (Å²) in [5.74, 6) is 1.08. The lowest BCUT2D eigenvalue weighted by Crippen LogP contribution is -2.51. The number of piperidine rings is 1. The molecule has 2 amide bonds. The van der Waals surface area contributed by atoms with Crippen molar-refractivity contribution in [2.24, 2.45) is 11.7 Å². The van der Waals surface area contributed by atoms with E-state index in [0.29, 0.717) is 44.8 Å². The minimum atomic E-state index is -0.245. The molecule has 0 aliphatic carbocycles. The quantitative estimate of drug-likeness (QED) is 0.810. The van der Waals surface area contributed by atoms with Gasteiger partial charge in [-0.3, -0.25) is 14.5 Å². The summed E-state index contributed by atoms with van der Waals surface area (Å²) in [5, 5.41) is 2.94. The Bertz CT molecular complexity index is 629. The molecule has 7 nitrogen and oxygen atoms in total. The minimum Gasteiger partial charge on any atom is -0.486 e. The first-order chi connectivity index (χ1) is 12.0. The molecule has 7 heteroatoms. The summed E-state index contributed by atoms with van der Waals surface area (Å²) >= 11 is 0. The van der Waals surface area contributed by atoms with Gasteiger partial charge in [-0.1, -0.05) is 12.1 Å². The molecule has 25 heavy (non-hydrogen) atoms. The Kier molecular flexibility index (Phi) is 5.43. The van der Waals surface area contributed by atoms with Gasteiger partial charge < -0.3 is 20.5 Å². The molecule has 2 aliphatic heterocycles. The van der Waals surface area contributed by atoms with Crippen LogP contribution in [0.15, 0.2) is 24.3 Å². The third-order valence-electron chi connectivity index (χ3n) is 4.93. The van der Waals surface area contributed by atoms with Gasteiger partial charge in [0.1, 0.15) is 12.7 Å². The van der Waals surface area contributed by atoms with Crippen molar-refractivity contribution >= 4 is 11.8 Å². The monoisotopic (exact) mass is 347 g/mol. The molecule has 1 aromatic carbocycles. The lowest BCUT2D eigenvalue weighted by molar-refractivity contribution is -0.127. The van der Waals surface area contributed by atoms with Crippen molar-refractivity contribution in [1.82, 2.24) is 10.2 Å². The second-order valence-electron chi connectivity index (χ2n) is 6.63. The average Bonchev–Trinajstić information content (AvgIpc) is 2.65. The number of nitrogens with two attached hydrogens (primary N) is 1. The SMILES string of the molecule is C[C@H](C(=O)NC[C@H]1COc2ccccc2O1)N1CCC(C(N)=O)CC1. The van der Waals surface area contributed by atoms with Crippen LogP contribution in [-0.4, -0.2) is 55.1 Å². The molecule has 0 bridgehead atoms. The van der Waals surface area contributed by atoms with Gasteiger partial charge in [0.15, 0.2) is 11.5 Å². The Morgan fingerprint density at radius 2 is 1.96 bits per heavy atom. The maximum atomic E-state index is 12.4. The number of hydrogen-bond acceptors (Lipinski definition) is 5. The number of nitrogens with one attached hydrogen (secondary N) is 1. The molecule has 1 saturated heterocycles. The predicted molar refractivity (Wildman–Crippen MR) is 92.3 cm³/mol. The van der Waals surface area contributed by atoms with Crippen LogP contribution >= 0.6 is 0 Å². The molecule has 136 valence electrons. The van der Waals surface area contributed by atoms with Crippen LogP contribution in [0, 0.1) is 5.92 Å². The van der Waals surface area contributed by atoms with Crippen molar-refractivity contribution < 1.29 is 19.1 Å². The van der Waals surface area contributed by atoms with E-state index >= 15 is 0 Å². The van der Waals surface area contributed by atoms with Crippen molar-refractivity contribution in [1.29, 1.82) is 0 Å². The smallest absolute Gasteiger partial charge is 0.237 e.